The van der Waals surface area contributed by atoms with Gasteiger partial charge in [-0.25, -0.2) is 0 Å². The summed E-state index contributed by atoms with van der Waals surface area (Å²) in [5.41, 5.74) is 23.6. The lowest BCUT2D eigenvalue weighted by molar-refractivity contribution is 0.587. The zero-order valence-corrected chi connectivity index (χ0v) is 47.2. The van der Waals surface area contributed by atoms with Crippen molar-refractivity contribution in [3.8, 4) is 5.69 Å². The fourth-order valence-corrected chi connectivity index (χ4v) is 12.3. The van der Waals surface area contributed by atoms with Crippen molar-refractivity contribution in [3.63, 3.8) is 0 Å². The molecule has 0 bridgehead atoms. The molecule has 0 spiro atoms. The van der Waals surface area contributed by atoms with Crippen LogP contribution in [0.2, 0.25) is 0 Å². The highest BCUT2D eigenvalue weighted by atomic mass is 16.3. The third kappa shape index (κ3) is 7.33. The van der Waals surface area contributed by atoms with Crippen LogP contribution in [0.3, 0.4) is 0 Å². The minimum absolute atomic E-state index is 0.0133. The van der Waals surface area contributed by atoms with Crippen LogP contribution < -0.4 is 26.2 Å². The van der Waals surface area contributed by atoms with Gasteiger partial charge in [-0.15, -0.1) is 0 Å². The number of benzene rings is 8. The lowest BCUT2D eigenvalue weighted by Gasteiger charge is -2.42. The van der Waals surface area contributed by atoms with Crippen LogP contribution in [0.5, 0.6) is 0 Å². The minimum atomic E-state index is -0.195. The fraction of sp³-hybridized carbons (Fsp3) is 0.286. The van der Waals surface area contributed by atoms with E-state index in [0.29, 0.717) is 0 Å². The second kappa shape index (κ2) is 16.1. The van der Waals surface area contributed by atoms with Crippen LogP contribution in [0.1, 0.15) is 132 Å². The van der Waals surface area contributed by atoms with Gasteiger partial charge in [0.15, 0.2) is 11.2 Å². The number of hydrogen-bond acceptors (Lipinski definition) is 4. The van der Waals surface area contributed by atoms with Crippen molar-refractivity contribution in [1.82, 2.24) is 4.57 Å². The van der Waals surface area contributed by atoms with E-state index in [-0.39, 0.29) is 33.8 Å². The summed E-state index contributed by atoms with van der Waals surface area (Å²) in [6, 6.07) is 57.7. The molecule has 0 radical (unpaired) electrons. The third-order valence-electron chi connectivity index (χ3n) is 16.7. The largest absolute Gasteiger partial charge is 0.454 e. The van der Waals surface area contributed by atoms with Crippen LogP contribution in [0.15, 0.2) is 160 Å². The van der Waals surface area contributed by atoms with Crippen LogP contribution >= 0.6 is 0 Å². The van der Waals surface area contributed by atoms with Gasteiger partial charge >= 0.3 is 0 Å². The lowest BCUT2D eigenvalue weighted by atomic mass is 9.33. The molecule has 0 aliphatic carbocycles. The molecule has 2 aliphatic rings. The Labute approximate surface area is 449 Å². The number of aromatic nitrogens is 1. The van der Waals surface area contributed by atoms with E-state index < -0.39 is 0 Å². The average molecular weight is 996 g/mol. The van der Waals surface area contributed by atoms with E-state index in [4.69, 9.17) is 8.83 Å². The molecule has 2 aliphatic heterocycles. The van der Waals surface area contributed by atoms with E-state index in [9.17, 15) is 0 Å². The van der Waals surface area contributed by atoms with Crippen molar-refractivity contribution < 1.29 is 8.83 Å². The zero-order chi connectivity index (χ0) is 53.3. The van der Waals surface area contributed by atoms with E-state index >= 15 is 0 Å². The van der Waals surface area contributed by atoms with E-state index in [1.54, 1.807) is 0 Å². The van der Waals surface area contributed by atoms with Gasteiger partial charge in [0.1, 0.15) is 16.7 Å². The molecule has 6 heteroatoms. The van der Waals surface area contributed by atoms with Crippen molar-refractivity contribution in [2.75, 3.05) is 9.80 Å². The van der Waals surface area contributed by atoms with E-state index in [0.717, 1.165) is 83.5 Å². The summed E-state index contributed by atoms with van der Waals surface area (Å²) in [4.78, 5) is 5.01. The molecule has 0 fully saturated rings. The highest BCUT2D eigenvalue weighted by Gasteiger charge is 2.45. The maximum Gasteiger partial charge on any atom is 0.252 e. The number of hydrogen-bond donors (Lipinski definition) is 0. The van der Waals surface area contributed by atoms with Gasteiger partial charge in [-0.05, 0) is 150 Å². The molecule has 13 rings (SSSR count). The summed E-state index contributed by atoms with van der Waals surface area (Å²) in [5, 5.41) is 4.51. The quantitative estimate of drug-likeness (QED) is 0.165. The Morgan fingerprint density at radius 3 is 1.54 bits per heavy atom. The first kappa shape index (κ1) is 48.2. The molecule has 0 N–H and O–H groups in total. The Bertz CT molecular complexity index is 4130. The smallest absolute Gasteiger partial charge is 0.252 e. The number of para-hydroxylation sites is 2. The summed E-state index contributed by atoms with van der Waals surface area (Å²) in [7, 11) is 0. The molecule has 5 heterocycles. The number of nitrogens with zero attached hydrogens (tertiary/aromatic N) is 3. The number of furan rings is 2. The minimum Gasteiger partial charge on any atom is -0.454 e. The van der Waals surface area contributed by atoms with Gasteiger partial charge in [-0.2, -0.15) is 0 Å². The van der Waals surface area contributed by atoms with Crippen molar-refractivity contribution >= 4 is 112 Å². The summed E-state index contributed by atoms with van der Waals surface area (Å²) in [5.74, 6) is 0. The number of rotatable bonds is 4. The molecule has 380 valence electrons. The normalized spacial score (nSPS) is 13.9. The summed E-state index contributed by atoms with van der Waals surface area (Å²) in [6.45, 7) is 34.5. The van der Waals surface area contributed by atoms with Gasteiger partial charge in [0.25, 0.3) is 6.71 Å². The monoisotopic (exact) mass is 996 g/mol. The van der Waals surface area contributed by atoms with Crippen LogP contribution in [0.4, 0.5) is 34.1 Å². The van der Waals surface area contributed by atoms with Gasteiger partial charge < -0.3 is 23.2 Å². The lowest BCUT2D eigenvalue weighted by Crippen LogP contribution is -2.60. The predicted molar refractivity (Wildman–Crippen MR) is 325 cm³/mol. The van der Waals surface area contributed by atoms with Gasteiger partial charge in [-0.1, -0.05) is 177 Å². The van der Waals surface area contributed by atoms with E-state index in [2.05, 4.69) is 270 Å². The summed E-state index contributed by atoms with van der Waals surface area (Å²) in [6.07, 6.45) is 0. The molecular formula is C70H70BN3O2. The first-order valence-electron chi connectivity index (χ1n) is 27.4. The molecule has 0 amide bonds. The standard InChI is InChI=1S/C70H70BN3O2/c1-66(2,3)41-23-28-46(29-24-41)72(47-30-25-42(26-31-47)67(4,5)6)48-32-34-53-56(40-48)73(55-21-18-20-50-49-33-27-43(68(7,8)9)39-60(49)76-64(50)55)57-37-45(70(13,14)15)38-58-61(57)71(53)54-36-44(69(10,11)12)35-52-62(54)74(58)63-51-19-16-17-22-59(51)75-65(52)63/h16-40H,1-15H3. The van der Waals surface area contributed by atoms with E-state index in [1.807, 2.05) is 0 Å². The van der Waals surface area contributed by atoms with Crippen LogP contribution in [-0.4, -0.2) is 11.3 Å². The molecule has 11 aromatic rings. The molecule has 3 aromatic heterocycles. The first-order chi connectivity index (χ1) is 35.8. The summed E-state index contributed by atoms with van der Waals surface area (Å²) >= 11 is 0. The van der Waals surface area contributed by atoms with Crippen molar-refractivity contribution in [2.24, 2.45) is 0 Å². The highest BCUT2D eigenvalue weighted by molar-refractivity contribution is 7.00. The molecule has 0 saturated carbocycles. The van der Waals surface area contributed by atoms with Crippen molar-refractivity contribution in [2.45, 2.75) is 131 Å². The number of anilines is 6. The molecule has 0 atom stereocenters. The second-order valence-corrected chi connectivity index (χ2v) is 27.2. The third-order valence-corrected chi connectivity index (χ3v) is 16.7. The zero-order valence-electron chi connectivity index (χ0n) is 47.2. The van der Waals surface area contributed by atoms with Crippen LogP contribution in [0, 0.1) is 0 Å². The maximum absolute atomic E-state index is 7.26. The Kier molecular flexibility index (Phi) is 10.2. The Morgan fingerprint density at radius 2 is 0.908 bits per heavy atom. The maximum atomic E-state index is 7.26. The van der Waals surface area contributed by atoms with Crippen molar-refractivity contribution in [1.29, 1.82) is 0 Å². The Balaban J connectivity index is 1.16. The fourth-order valence-electron chi connectivity index (χ4n) is 12.3. The SMILES string of the molecule is CC(C)(C)c1ccc(N(c2ccc(C(C)(C)C)cc2)c2ccc3c(c2)N(c2cccc4c2oc2cc(C(C)(C)C)ccc24)c2cc(C(C)(C)C)cc4c2B3c2cc(C(C)(C)C)cc3c5oc6ccccc6c5n-4c23)cc1. The Morgan fingerprint density at radius 1 is 0.355 bits per heavy atom. The first-order valence-corrected chi connectivity index (χ1v) is 27.4. The van der Waals surface area contributed by atoms with E-state index in [1.165, 1.54) is 55.4 Å². The van der Waals surface area contributed by atoms with Crippen LogP contribution in [0.25, 0.3) is 60.6 Å². The summed E-state index contributed by atoms with van der Waals surface area (Å²) < 4.78 is 16.9. The van der Waals surface area contributed by atoms with Gasteiger partial charge in [-0.3, -0.25) is 0 Å². The predicted octanol–water partition coefficient (Wildman–Crippen LogP) is 18.0. The second-order valence-electron chi connectivity index (χ2n) is 27.2. The van der Waals surface area contributed by atoms with Crippen LogP contribution in [-0.2, 0) is 27.1 Å². The average Bonchev–Trinajstić information content (AvgIpc) is 4.23. The highest BCUT2D eigenvalue weighted by Crippen LogP contribution is 2.50. The molecular weight excluding hydrogens is 926 g/mol. The Hall–Kier alpha value is -7.44. The van der Waals surface area contributed by atoms with Crippen molar-refractivity contribution in [3.05, 3.63) is 179 Å². The molecule has 0 saturated heterocycles. The molecule has 5 nitrogen and oxygen atoms in total. The van der Waals surface area contributed by atoms with Gasteiger partial charge in [0.2, 0.25) is 0 Å². The molecule has 0 unspecified atom stereocenters. The van der Waals surface area contributed by atoms with Gasteiger partial charge in [0, 0.05) is 55.7 Å². The number of fused-ring (bicyclic) bond motifs is 12. The topological polar surface area (TPSA) is 37.7 Å². The molecule has 8 aromatic carbocycles. The van der Waals surface area contributed by atoms with Gasteiger partial charge in [0.05, 0.1) is 11.2 Å². The molecule has 76 heavy (non-hydrogen) atoms.